The van der Waals surface area contributed by atoms with Crippen molar-refractivity contribution in [1.29, 1.82) is 5.41 Å². The van der Waals surface area contributed by atoms with Crippen LogP contribution in [0, 0.1) is 5.41 Å². The van der Waals surface area contributed by atoms with E-state index in [-0.39, 0.29) is 6.17 Å². The number of aromatic amines is 1. The number of rotatable bonds is 6. The first-order valence-electron chi connectivity index (χ1n) is 4.98. The lowest BCUT2D eigenvalue weighted by Crippen LogP contribution is -2.39. The molecule has 1 aromatic rings. The molecule has 7 heteroatoms. The number of nitrogens with two attached hydrogens (primary N) is 1. The van der Waals surface area contributed by atoms with Crippen molar-refractivity contribution < 1.29 is 0 Å². The minimum atomic E-state index is -0.129. The van der Waals surface area contributed by atoms with E-state index in [0.717, 1.165) is 31.5 Å². The number of hydrogen-bond acceptors (Lipinski definition) is 5. The van der Waals surface area contributed by atoms with Crippen molar-refractivity contribution in [2.24, 2.45) is 5.73 Å². The van der Waals surface area contributed by atoms with Gasteiger partial charge in [0.25, 0.3) is 0 Å². The van der Waals surface area contributed by atoms with E-state index < -0.39 is 0 Å². The fourth-order valence-electron chi connectivity index (χ4n) is 1.29. The third-order valence-corrected chi connectivity index (χ3v) is 1.97. The maximum absolute atomic E-state index is 7.20. The smallest absolute Gasteiger partial charge is 0.148 e. The predicted octanol–water partition coefficient (Wildman–Crippen LogP) is -0.216. The first-order chi connectivity index (χ1) is 7.18. The molecule has 5 N–H and O–H groups in total. The zero-order chi connectivity index (χ0) is 11.1. The van der Waals surface area contributed by atoms with Gasteiger partial charge in [0.05, 0.1) is 12.0 Å². The van der Waals surface area contributed by atoms with Gasteiger partial charge in [0, 0.05) is 6.42 Å². The van der Waals surface area contributed by atoms with E-state index in [1.165, 1.54) is 0 Å². The number of tetrazole rings is 1. The Balaban J connectivity index is 2.04. The molecule has 0 saturated carbocycles. The number of nitrogens with one attached hydrogen (secondary N) is 3. The summed E-state index contributed by atoms with van der Waals surface area (Å²) in [5.74, 6) is 1.21. The predicted molar refractivity (Wildman–Crippen MR) is 56.2 cm³/mol. The van der Waals surface area contributed by atoms with Gasteiger partial charge in [0.2, 0.25) is 0 Å². The van der Waals surface area contributed by atoms with Crippen LogP contribution < -0.4 is 11.1 Å². The maximum atomic E-state index is 7.20. The summed E-state index contributed by atoms with van der Waals surface area (Å²) in [6.45, 7) is 1.68. The first-order valence-corrected chi connectivity index (χ1v) is 4.98. The Hall–Kier alpha value is -1.50. The van der Waals surface area contributed by atoms with Gasteiger partial charge >= 0.3 is 0 Å². The SMILES string of the molecule is CC(=N)NC(N)CCCCc1nnn[nH]1. The molecule has 0 aliphatic carbocycles. The van der Waals surface area contributed by atoms with E-state index >= 15 is 0 Å². The van der Waals surface area contributed by atoms with Crippen LogP contribution in [0.5, 0.6) is 0 Å². The molecule has 1 rings (SSSR count). The van der Waals surface area contributed by atoms with Crippen molar-refractivity contribution >= 4 is 5.84 Å². The molecule has 1 aromatic heterocycles. The molecule has 1 unspecified atom stereocenters. The molecule has 1 heterocycles. The van der Waals surface area contributed by atoms with Crippen LogP contribution in [0.1, 0.15) is 32.0 Å². The summed E-state index contributed by atoms with van der Waals surface area (Å²) in [5.41, 5.74) is 5.73. The van der Waals surface area contributed by atoms with E-state index in [4.69, 9.17) is 11.1 Å². The monoisotopic (exact) mass is 211 g/mol. The second kappa shape index (κ2) is 6.07. The fraction of sp³-hybridized carbons (Fsp3) is 0.750. The van der Waals surface area contributed by atoms with Gasteiger partial charge in [-0.15, -0.1) is 5.10 Å². The summed E-state index contributed by atoms with van der Waals surface area (Å²) in [6, 6.07) is 0. The van der Waals surface area contributed by atoms with Gasteiger partial charge in [0.1, 0.15) is 5.82 Å². The lowest BCUT2D eigenvalue weighted by atomic mass is 10.1. The minimum Gasteiger partial charge on any atom is -0.359 e. The third-order valence-electron chi connectivity index (χ3n) is 1.97. The molecule has 0 saturated heterocycles. The quantitative estimate of drug-likeness (QED) is 0.225. The molecule has 7 nitrogen and oxygen atoms in total. The number of unbranched alkanes of at least 4 members (excludes halogenated alkanes) is 1. The van der Waals surface area contributed by atoms with Crippen LogP contribution in [0.3, 0.4) is 0 Å². The molecule has 0 aliphatic rings. The van der Waals surface area contributed by atoms with Crippen LogP contribution >= 0.6 is 0 Å². The first kappa shape index (κ1) is 11.6. The van der Waals surface area contributed by atoms with E-state index in [1.54, 1.807) is 6.92 Å². The summed E-state index contributed by atoms with van der Waals surface area (Å²) in [4.78, 5) is 0. The molecule has 1 atom stereocenters. The molecular weight excluding hydrogens is 194 g/mol. The van der Waals surface area contributed by atoms with Gasteiger partial charge in [-0.05, 0) is 36.6 Å². The number of amidine groups is 1. The Kier molecular flexibility index (Phi) is 4.69. The Morgan fingerprint density at radius 2 is 2.40 bits per heavy atom. The van der Waals surface area contributed by atoms with Crippen molar-refractivity contribution in [3.05, 3.63) is 5.82 Å². The number of aromatic nitrogens is 4. The highest BCUT2D eigenvalue weighted by Gasteiger charge is 2.02. The van der Waals surface area contributed by atoms with Crippen molar-refractivity contribution in [3.63, 3.8) is 0 Å². The van der Waals surface area contributed by atoms with Crippen LogP contribution in [0.15, 0.2) is 0 Å². The van der Waals surface area contributed by atoms with Crippen LogP contribution in [-0.2, 0) is 6.42 Å². The van der Waals surface area contributed by atoms with Crippen LogP contribution in [-0.4, -0.2) is 32.6 Å². The van der Waals surface area contributed by atoms with Crippen molar-refractivity contribution in [1.82, 2.24) is 25.9 Å². The summed E-state index contributed by atoms with van der Waals surface area (Å²) >= 11 is 0. The number of hydrogen-bond donors (Lipinski definition) is 4. The summed E-state index contributed by atoms with van der Waals surface area (Å²) < 4.78 is 0. The summed E-state index contributed by atoms with van der Waals surface area (Å²) in [5, 5.41) is 23.5. The largest absolute Gasteiger partial charge is 0.359 e. The van der Waals surface area contributed by atoms with Gasteiger partial charge in [-0.25, -0.2) is 5.10 Å². The highest BCUT2D eigenvalue weighted by molar-refractivity contribution is 5.76. The summed E-state index contributed by atoms with van der Waals surface area (Å²) in [6.07, 6.45) is 3.53. The number of nitrogens with zero attached hydrogens (tertiary/aromatic N) is 3. The van der Waals surface area contributed by atoms with Crippen LogP contribution in [0.25, 0.3) is 0 Å². The molecular formula is C8H17N7. The average Bonchev–Trinajstić information content (AvgIpc) is 2.63. The van der Waals surface area contributed by atoms with Crippen LogP contribution in [0.2, 0.25) is 0 Å². The fourth-order valence-corrected chi connectivity index (χ4v) is 1.29. The van der Waals surface area contributed by atoms with Crippen molar-refractivity contribution in [3.8, 4) is 0 Å². The Morgan fingerprint density at radius 3 is 3.00 bits per heavy atom. The summed E-state index contributed by atoms with van der Waals surface area (Å²) in [7, 11) is 0. The van der Waals surface area contributed by atoms with Gasteiger partial charge in [-0.1, -0.05) is 0 Å². The minimum absolute atomic E-state index is 0.129. The van der Waals surface area contributed by atoms with Gasteiger partial charge in [0.15, 0.2) is 0 Å². The Labute approximate surface area is 88.3 Å². The topological polar surface area (TPSA) is 116 Å². The van der Waals surface area contributed by atoms with Gasteiger partial charge in [-0.2, -0.15) is 0 Å². The van der Waals surface area contributed by atoms with Gasteiger partial charge in [-0.3, -0.25) is 5.41 Å². The number of aryl methyl sites for hydroxylation is 1. The molecule has 0 bridgehead atoms. The van der Waals surface area contributed by atoms with E-state index in [2.05, 4.69) is 25.9 Å². The van der Waals surface area contributed by atoms with E-state index in [1.807, 2.05) is 0 Å². The Bertz CT molecular complexity index is 281. The van der Waals surface area contributed by atoms with Gasteiger partial charge < -0.3 is 11.1 Å². The third kappa shape index (κ3) is 5.06. The Morgan fingerprint density at radius 1 is 1.60 bits per heavy atom. The standard InChI is InChI=1S/C8H17N7/c1-6(9)11-7(10)4-2-3-5-8-12-14-15-13-8/h7H,2-5,10H2,1H3,(H2,9,11)(H,12,13,14,15). The lowest BCUT2D eigenvalue weighted by molar-refractivity contribution is 0.534. The molecule has 0 aliphatic heterocycles. The van der Waals surface area contributed by atoms with Crippen molar-refractivity contribution in [2.75, 3.05) is 0 Å². The molecule has 84 valence electrons. The highest BCUT2D eigenvalue weighted by atomic mass is 15.5. The normalized spacial score (nSPS) is 12.4. The van der Waals surface area contributed by atoms with E-state index in [9.17, 15) is 0 Å². The molecule has 0 fully saturated rings. The average molecular weight is 211 g/mol. The second-order valence-corrected chi connectivity index (χ2v) is 3.47. The van der Waals surface area contributed by atoms with E-state index in [0.29, 0.717) is 5.84 Å². The second-order valence-electron chi connectivity index (χ2n) is 3.47. The number of H-pyrrole nitrogens is 1. The van der Waals surface area contributed by atoms with Crippen molar-refractivity contribution in [2.45, 2.75) is 38.8 Å². The molecule has 0 amide bonds. The molecule has 0 aromatic carbocycles. The lowest BCUT2D eigenvalue weighted by Gasteiger charge is -2.12. The zero-order valence-corrected chi connectivity index (χ0v) is 8.82. The molecule has 0 radical (unpaired) electrons. The zero-order valence-electron chi connectivity index (χ0n) is 8.82. The van der Waals surface area contributed by atoms with Crippen LogP contribution in [0.4, 0.5) is 0 Å². The molecule has 15 heavy (non-hydrogen) atoms. The molecule has 0 spiro atoms. The maximum Gasteiger partial charge on any atom is 0.148 e. The highest BCUT2D eigenvalue weighted by Crippen LogP contribution is 2.01.